The van der Waals surface area contributed by atoms with Crippen molar-refractivity contribution in [2.75, 3.05) is 20.2 Å². The molecule has 4 heteroatoms. The number of aromatic nitrogens is 1. The third-order valence-electron chi connectivity index (χ3n) is 3.37. The Balaban J connectivity index is 0.000000224. The van der Waals surface area contributed by atoms with Crippen molar-refractivity contribution in [3.8, 4) is 0 Å². The monoisotopic (exact) mass is 260 g/mol. The topological polar surface area (TPSA) is 54.1 Å². The number of aryl methyl sites for hydroxylation is 1. The van der Waals surface area contributed by atoms with E-state index in [9.17, 15) is 4.79 Å². The molecule has 2 heterocycles. The number of H-pyrrole nitrogens is 1. The Bertz CT molecular complexity index is 549. The summed E-state index contributed by atoms with van der Waals surface area (Å²) in [5.41, 5.74) is 2.62. The van der Waals surface area contributed by atoms with Crippen molar-refractivity contribution in [3.05, 3.63) is 35.5 Å². The first-order valence-electron chi connectivity index (χ1n) is 6.59. The van der Waals surface area contributed by atoms with Crippen LogP contribution in [0.5, 0.6) is 0 Å². The number of benzene rings is 1. The zero-order chi connectivity index (χ0) is 13.7. The summed E-state index contributed by atoms with van der Waals surface area (Å²) < 4.78 is 4.69. The molecular weight excluding hydrogens is 240 g/mol. The predicted molar refractivity (Wildman–Crippen MR) is 76.5 cm³/mol. The van der Waals surface area contributed by atoms with Crippen molar-refractivity contribution < 1.29 is 9.53 Å². The molecule has 3 rings (SSSR count). The number of methoxy groups -OCH3 is 1. The van der Waals surface area contributed by atoms with E-state index in [1.54, 1.807) is 6.07 Å². The number of hydrogen-bond acceptors (Lipinski definition) is 3. The number of aromatic amines is 1. The summed E-state index contributed by atoms with van der Waals surface area (Å²) in [6.07, 6.45) is 4.64. The van der Waals surface area contributed by atoms with Gasteiger partial charge in [-0.2, -0.15) is 0 Å². The first kappa shape index (κ1) is 13.6. The Kier molecular flexibility index (Phi) is 4.58. The predicted octanol–water partition coefficient (Wildman–Crippen LogP) is 2.63. The van der Waals surface area contributed by atoms with E-state index >= 15 is 0 Å². The van der Waals surface area contributed by atoms with E-state index in [0.717, 1.165) is 16.5 Å². The van der Waals surface area contributed by atoms with Gasteiger partial charge in [-0.3, -0.25) is 0 Å². The maximum atomic E-state index is 11.4. The SMILES string of the molecule is C1CCNC1.COC(=O)c1ccc2[nH]ccc2c1C. The van der Waals surface area contributed by atoms with Gasteiger partial charge in [0.1, 0.15) is 0 Å². The van der Waals surface area contributed by atoms with Crippen molar-refractivity contribution in [2.24, 2.45) is 0 Å². The normalized spacial score (nSPS) is 14.0. The molecule has 102 valence electrons. The van der Waals surface area contributed by atoms with E-state index in [1.807, 2.05) is 25.3 Å². The fourth-order valence-electron chi connectivity index (χ4n) is 2.24. The molecule has 0 bridgehead atoms. The van der Waals surface area contributed by atoms with Crippen LogP contribution in [0.1, 0.15) is 28.8 Å². The summed E-state index contributed by atoms with van der Waals surface area (Å²) in [4.78, 5) is 14.5. The smallest absolute Gasteiger partial charge is 0.338 e. The summed E-state index contributed by atoms with van der Waals surface area (Å²) in [6.45, 7) is 4.42. The minimum atomic E-state index is -0.286. The van der Waals surface area contributed by atoms with Crippen LogP contribution in [0.4, 0.5) is 0 Å². The number of esters is 1. The molecule has 1 fully saturated rings. The highest BCUT2D eigenvalue weighted by Crippen LogP contribution is 2.21. The lowest BCUT2D eigenvalue weighted by Gasteiger charge is -2.04. The van der Waals surface area contributed by atoms with Gasteiger partial charge < -0.3 is 15.0 Å². The van der Waals surface area contributed by atoms with E-state index in [2.05, 4.69) is 10.3 Å². The Labute approximate surface area is 113 Å². The highest BCUT2D eigenvalue weighted by atomic mass is 16.5. The maximum absolute atomic E-state index is 11.4. The fourth-order valence-corrected chi connectivity index (χ4v) is 2.24. The lowest BCUT2D eigenvalue weighted by molar-refractivity contribution is 0.0600. The lowest BCUT2D eigenvalue weighted by Crippen LogP contribution is -2.03. The van der Waals surface area contributed by atoms with Gasteiger partial charge in [-0.05, 0) is 56.6 Å². The van der Waals surface area contributed by atoms with Crippen LogP contribution in [0.15, 0.2) is 24.4 Å². The largest absolute Gasteiger partial charge is 0.465 e. The van der Waals surface area contributed by atoms with Gasteiger partial charge in [0.05, 0.1) is 12.7 Å². The average Bonchev–Trinajstić information content (AvgIpc) is 3.12. The van der Waals surface area contributed by atoms with Crippen LogP contribution in [0.2, 0.25) is 0 Å². The van der Waals surface area contributed by atoms with Gasteiger partial charge in [-0.15, -0.1) is 0 Å². The van der Waals surface area contributed by atoms with Crippen LogP contribution < -0.4 is 5.32 Å². The second-order valence-electron chi connectivity index (χ2n) is 4.63. The molecule has 0 atom stereocenters. The van der Waals surface area contributed by atoms with Gasteiger partial charge in [-0.25, -0.2) is 4.79 Å². The molecule has 0 spiro atoms. The van der Waals surface area contributed by atoms with Gasteiger partial charge >= 0.3 is 5.97 Å². The highest BCUT2D eigenvalue weighted by Gasteiger charge is 2.11. The third-order valence-corrected chi connectivity index (χ3v) is 3.37. The van der Waals surface area contributed by atoms with Gasteiger partial charge in [0.2, 0.25) is 0 Å². The standard InChI is InChI=1S/C11H11NO2.C4H9N/c1-7-8-5-6-12-10(8)4-3-9(7)11(13)14-2;1-2-4-5-3-1/h3-6,12H,1-2H3;5H,1-4H2. The van der Waals surface area contributed by atoms with E-state index in [0.29, 0.717) is 5.56 Å². The number of fused-ring (bicyclic) bond motifs is 1. The number of ether oxygens (including phenoxy) is 1. The summed E-state index contributed by atoms with van der Waals surface area (Å²) in [5.74, 6) is -0.286. The van der Waals surface area contributed by atoms with Crippen LogP contribution in [0, 0.1) is 6.92 Å². The molecule has 1 aromatic carbocycles. The van der Waals surface area contributed by atoms with Crippen molar-refractivity contribution >= 4 is 16.9 Å². The maximum Gasteiger partial charge on any atom is 0.338 e. The van der Waals surface area contributed by atoms with Crippen molar-refractivity contribution in [2.45, 2.75) is 19.8 Å². The zero-order valence-electron chi connectivity index (χ0n) is 11.5. The highest BCUT2D eigenvalue weighted by molar-refractivity contribution is 5.97. The van der Waals surface area contributed by atoms with E-state index in [1.165, 1.54) is 33.0 Å². The van der Waals surface area contributed by atoms with Crippen molar-refractivity contribution in [3.63, 3.8) is 0 Å². The number of rotatable bonds is 1. The van der Waals surface area contributed by atoms with Crippen LogP contribution in [-0.4, -0.2) is 31.2 Å². The third kappa shape index (κ3) is 3.15. The summed E-state index contributed by atoms with van der Waals surface area (Å²) in [6, 6.07) is 5.62. The van der Waals surface area contributed by atoms with Crippen LogP contribution in [0.3, 0.4) is 0 Å². The summed E-state index contributed by atoms with van der Waals surface area (Å²) in [5, 5.41) is 4.29. The Morgan fingerprint density at radius 2 is 1.95 bits per heavy atom. The minimum absolute atomic E-state index is 0.286. The number of carbonyl (C=O) groups is 1. The molecule has 0 unspecified atom stereocenters. The minimum Gasteiger partial charge on any atom is -0.465 e. The van der Waals surface area contributed by atoms with Crippen molar-refractivity contribution in [1.29, 1.82) is 0 Å². The van der Waals surface area contributed by atoms with E-state index in [-0.39, 0.29) is 5.97 Å². The Hall–Kier alpha value is -1.81. The molecule has 1 saturated heterocycles. The Morgan fingerprint density at radius 1 is 1.21 bits per heavy atom. The summed E-state index contributed by atoms with van der Waals surface area (Å²) >= 11 is 0. The molecule has 0 radical (unpaired) electrons. The molecule has 0 saturated carbocycles. The molecular formula is C15H20N2O2. The molecule has 19 heavy (non-hydrogen) atoms. The van der Waals surface area contributed by atoms with Crippen molar-refractivity contribution in [1.82, 2.24) is 10.3 Å². The molecule has 1 aliphatic rings. The quantitative estimate of drug-likeness (QED) is 0.775. The Morgan fingerprint density at radius 3 is 2.53 bits per heavy atom. The van der Waals surface area contributed by atoms with Gasteiger partial charge in [0.25, 0.3) is 0 Å². The molecule has 0 amide bonds. The molecule has 1 aliphatic heterocycles. The fraction of sp³-hybridized carbons (Fsp3) is 0.400. The lowest BCUT2D eigenvalue weighted by atomic mass is 10.0. The molecule has 2 N–H and O–H groups in total. The second-order valence-corrected chi connectivity index (χ2v) is 4.63. The first-order valence-corrected chi connectivity index (χ1v) is 6.59. The first-order chi connectivity index (χ1) is 9.24. The number of hydrogen-bond donors (Lipinski definition) is 2. The molecule has 0 aliphatic carbocycles. The average molecular weight is 260 g/mol. The van der Waals surface area contributed by atoms with Crippen LogP contribution in [-0.2, 0) is 4.74 Å². The van der Waals surface area contributed by atoms with Gasteiger partial charge in [0.15, 0.2) is 0 Å². The number of carbonyl (C=O) groups excluding carboxylic acids is 1. The number of nitrogens with one attached hydrogen (secondary N) is 2. The molecule has 2 aromatic rings. The van der Waals surface area contributed by atoms with E-state index < -0.39 is 0 Å². The second kappa shape index (κ2) is 6.38. The zero-order valence-corrected chi connectivity index (χ0v) is 11.5. The van der Waals surface area contributed by atoms with Gasteiger partial charge in [0, 0.05) is 17.1 Å². The molecule has 4 nitrogen and oxygen atoms in total. The van der Waals surface area contributed by atoms with Gasteiger partial charge in [-0.1, -0.05) is 0 Å². The van der Waals surface area contributed by atoms with E-state index in [4.69, 9.17) is 4.74 Å². The van der Waals surface area contributed by atoms with Crippen LogP contribution >= 0.6 is 0 Å². The molecule has 1 aromatic heterocycles. The summed E-state index contributed by atoms with van der Waals surface area (Å²) in [7, 11) is 1.39. The van der Waals surface area contributed by atoms with Crippen LogP contribution in [0.25, 0.3) is 10.9 Å².